The molecule has 0 atom stereocenters. The van der Waals surface area contributed by atoms with Crippen molar-refractivity contribution in [3.63, 3.8) is 0 Å². The summed E-state index contributed by atoms with van der Waals surface area (Å²) in [7, 11) is 0. The van der Waals surface area contributed by atoms with Crippen molar-refractivity contribution in [2.24, 2.45) is 0 Å². The molecule has 19 heavy (non-hydrogen) atoms. The van der Waals surface area contributed by atoms with E-state index < -0.39 is 0 Å². The number of rotatable bonds is 4. The quantitative estimate of drug-likeness (QED) is 0.915. The van der Waals surface area contributed by atoms with Gasteiger partial charge in [-0.25, -0.2) is 0 Å². The van der Waals surface area contributed by atoms with Gasteiger partial charge in [-0.15, -0.1) is 10.2 Å². The maximum atomic E-state index is 6.06. The van der Waals surface area contributed by atoms with E-state index in [1.54, 1.807) is 6.08 Å². The van der Waals surface area contributed by atoms with E-state index in [-0.39, 0.29) is 0 Å². The molecular weight excluding hydrogens is 281 g/mol. The molecule has 0 aliphatic heterocycles. The van der Waals surface area contributed by atoms with Crippen LogP contribution in [0.15, 0.2) is 41.9 Å². The van der Waals surface area contributed by atoms with Gasteiger partial charge in [0.15, 0.2) is 11.0 Å². The van der Waals surface area contributed by atoms with Crippen LogP contribution in [0.5, 0.6) is 0 Å². The molecule has 0 fully saturated rings. The highest BCUT2D eigenvalue weighted by Gasteiger charge is 2.13. The normalized spacial score (nSPS) is 10.9. The standard InChI is InChI=1S/C14H13Cl2N3/c1-10-12(11-6-3-2-4-7-11)14(17-9-5-8-15)19-18-13(10)16/h2-8H,9H2,1H3,(H,17,19)/b8-5+. The van der Waals surface area contributed by atoms with E-state index in [1.807, 2.05) is 37.3 Å². The number of aromatic nitrogens is 2. The smallest absolute Gasteiger partial charge is 0.157 e. The van der Waals surface area contributed by atoms with Gasteiger partial charge in [-0.3, -0.25) is 0 Å². The van der Waals surface area contributed by atoms with E-state index in [2.05, 4.69) is 15.5 Å². The van der Waals surface area contributed by atoms with Crippen LogP contribution >= 0.6 is 23.2 Å². The summed E-state index contributed by atoms with van der Waals surface area (Å²) in [6.45, 7) is 2.51. The molecule has 0 unspecified atom stereocenters. The molecule has 98 valence electrons. The fraction of sp³-hybridized carbons (Fsp3) is 0.143. The van der Waals surface area contributed by atoms with Gasteiger partial charge in [-0.2, -0.15) is 0 Å². The number of benzene rings is 1. The third-order valence-electron chi connectivity index (χ3n) is 2.70. The van der Waals surface area contributed by atoms with Crippen molar-refractivity contribution in [1.29, 1.82) is 0 Å². The zero-order chi connectivity index (χ0) is 13.7. The minimum atomic E-state index is 0.414. The molecule has 0 saturated heterocycles. The highest BCUT2D eigenvalue weighted by molar-refractivity contribution is 6.30. The van der Waals surface area contributed by atoms with Gasteiger partial charge in [-0.05, 0) is 18.1 Å². The summed E-state index contributed by atoms with van der Waals surface area (Å²) >= 11 is 11.6. The van der Waals surface area contributed by atoms with Gasteiger partial charge in [0.2, 0.25) is 0 Å². The Morgan fingerprint density at radius 3 is 2.63 bits per heavy atom. The van der Waals surface area contributed by atoms with Crippen LogP contribution in [0.2, 0.25) is 5.15 Å². The number of nitrogens with zero attached hydrogens (tertiary/aromatic N) is 2. The van der Waals surface area contributed by atoms with E-state index in [9.17, 15) is 0 Å². The Hall–Kier alpha value is -1.58. The summed E-state index contributed by atoms with van der Waals surface area (Å²) < 4.78 is 0. The number of hydrogen-bond acceptors (Lipinski definition) is 3. The second kappa shape index (κ2) is 6.55. The van der Waals surface area contributed by atoms with Crippen LogP contribution in [0.4, 0.5) is 5.82 Å². The minimum Gasteiger partial charge on any atom is -0.365 e. The first kappa shape index (κ1) is 13.8. The topological polar surface area (TPSA) is 37.8 Å². The predicted molar refractivity (Wildman–Crippen MR) is 80.7 cm³/mol. The molecule has 3 nitrogen and oxygen atoms in total. The van der Waals surface area contributed by atoms with Crippen LogP contribution < -0.4 is 5.32 Å². The maximum Gasteiger partial charge on any atom is 0.157 e. The molecule has 0 spiro atoms. The summed E-state index contributed by atoms with van der Waals surface area (Å²) in [5, 5.41) is 11.6. The van der Waals surface area contributed by atoms with Crippen LogP contribution in [0.1, 0.15) is 5.56 Å². The lowest BCUT2D eigenvalue weighted by Gasteiger charge is -2.12. The van der Waals surface area contributed by atoms with Crippen LogP contribution in [-0.4, -0.2) is 16.7 Å². The number of nitrogens with one attached hydrogen (secondary N) is 1. The van der Waals surface area contributed by atoms with Crippen LogP contribution in [-0.2, 0) is 0 Å². The molecule has 2 aromatic rings. The summed E-state index contributed by atoms with van der Waals surface area (Å²) in [6.07, 6.45) is 1.79. The predicted octanol–water partition coefficient (Wildman–Crippen LogP) is 4.27. The van der Waals surface area contributed by atoms with Gasteiger partial charge in [-0.1, -0.05) is 59.6 Å². The van der Waals surface area contributed by atoms with Crippen LogP contribution in [0.3, 0.4) is 0 Å². The van der Waals surface area contributed by atoms with E-state index in [1.165, 1.54) is 5.54 Å². The average molecular weight is 294 g/mol. The first-order valence-corrected chi connectivity index (χ1v) is 6.62. The van der Waals surface area contributed by atoms with Gasteiger partial charge < -0.3 is 5.32 Å². The maximum absolute atomic E-state index is 6.06. The van der Waals surface area contributed by atoms with Crippen molar-refractivity contribution in [1.82, 2.24) is 10.2 Å². The Labute approximate surface area is 122 Å². The molecular formula is C14H13Cl2N3. The molecule has 0 aliphatic rings. The first-order valence-electron chi connectivity index (χ1n) is 5.81. The Morgan fingerprint density at radius 1 is 1.21 bits per heavy atom. The Balaban J connectivity index is 2.46. The van der Waals surface area contributed by atoms with E-state index in [4.69, 9.17) is 23.2 Å². The van der Waals surface area contributed by atoms with Gasteiger partial charge in [0.1, 0.15) is 0 Å². The summed E-state index contributed by atoms with van der Waals surface area (Å²) in [5.41, 5.74) is 4.38. The van der Waals surface area contributed by atoms with Crippen molar-refractivity contribution in [2.75, 3.05) is 11.9 Å². The molecule has 0 radical (unpaired) electrons. The largest absolute Gasteiger partial charge is 0.365 e. The zero-order valence-corrected chi connectivity index (χ0v) is 11.9. The Bertz CT molecular complexity index is 583. The third kappa shape index (κ3) is 3.25. The van der Waals surface area contributed by atoms with Gasteiger partial charge in [0.05, 0.1) is 0 Å². The fourth-order valence-corrected chi connectivity index (χ4v) is 2.00. The van der Waals surface area contributed by atoms with Crippen LogP contribution in [0, 0.1) is 6.92 Å². The van der Waals surface area contributed by atoms with E-state index in [0.717, 1.165) is 16.7 Å². The number of anilines is 1. The van der Waals surface area contributed by atoms with Crippen molar-refractivity contribution < 1.29 is 0 Å². The van der Waals surface area contributed by atoms with Crippen molar-refractivity contribution in [3.8, 4) is 11.1 Å². The molecule has 0 saturated carbocycles. The molecule has 0 aliphatic carbocycles. The summed E-state index contributed by atoms with van der Waals surface area (Å²) in [5.74, 6) is 0.697. The third-order valence-corrected chi connectivity index (χ3v) is 3.24. The lowest BCUT2D eigenvalue weighted by molar-refractivity contribution is 1.01. The highest BCUT2D eigenvalue weighted by atomic mass is 35.5. The molecule has 1 aromatic heterocycles. The first-order chi connectivity index (χ1) is 9.24. The lowest BCUT2D eigenvalue weighted by atomic mass is 10.0. The van der Waals surface area contributed by atoms with Gasteiger partial charge in [0, 0.05) is 17.6 Å². The van der Waals surface area contributed by atoms with Crippen molar-refractivity contribution in [3.05, 3.63) is 52.7 Å². The van der Waals surface area contributed by atoms with E-state index >= 15 is 0 Å². The molecule has 1 N–H and O–H groups in total. The second-order valence-electron chi connectivity index (χ2n) is 3.95. The monoisotopic (exact) mass is 293 g/mol. The SMILES string of the molecule is Cc1c(Cl)nnc(NC/C=C/Cl)c1-c1ccccc1. The molecule has 2 rings (SSSR count). The minimum absolute atomic E-state index is 0.414. The average Bonchev–Trinajstić information content (AvgIpc) is 2.44. The highest BCUT2D eigenvalue weighted by Crippen LogP contribution is 2.32. The Kier molecular flexibility index (Phi) is 4.77. The summed E-state index contributed by atoms with van der Waals surface area (Å²) in [6, 6.07) is 9.96. The molecule has 0 amide bonds. The Morgan fingerprint density at radius 2 is 1.95 bits per heavy atom. The number of hydrogen-bond donors (Lipinski definition) is 1. The van der Waals surface area contributed by atoms with Gasteiger partial charge >= 0.3 is 0 Å². The fourth-order valence-electron chi connectivity index (χ4n) is 1.78. The second-order valence-corrected chi connectivity index (χ2v) is 4.56. The van der Waals surface area contributed by atoms with E-state index in [0.29, 0.717) is 17.5 Å². The zero-order valence-electron chi connectivity index (χ0n) is 10.4. The summed E-state index contributed by atoms with van der Waals surface area (Å²) in [4.78, 5) is 0. The lowest BCUT2D eigenvalue weighted by Crippen LogP contribution is -2.05. The van der Waals surface area contributed by atoms with Crippen molar-refractivity contribution in [2.45, 2.75) is 6.92 Å². The molecule has 0 bridgehead atoms. The molecule has 1 aromatic carbocycles. The molecule has 1 heterocycles. The van der Waals surface area contributed by atoms with Crippen molar-refractivity contribution >= 4 is 29.0 Å². The van der Waals surface area contributed by atoms with Crippen LogP contribution in [0.25, 0.3) is 11.1 Å². The van der Waals surface area contributed by atoms with Gasteiger partial charge in [0.25, 0.3) is 0 Å². The number of halogens is 2. The molecule has 5 heteroatoms.